The lowest BCUT2D eigenvalue weighted by Gasteiger charge is -2.34. The lowest BCUT2D eigenvalue weighted by molar-refractivity contribution is -0.133. The van der Waals surface area contributed by atoms with Crippen molar-refractivity contribution in [3.63, 3.8) is 0 Å². The summed E-state index contributed by atoms with van der Waals surface area (Å²) in [6, 6.07) is 6.02. The second kappa shape index (κ2) is 8.25. The van der Waals surface area contributed by atoms with Gasteiger partial charge in [0, 0.05) is 19.0 Å². The number of aliphatic hydroxyl groups is 1. The van der Waals surface area contributed by atoms with Crippen molar-refractivity contribution in [1.29, 1.82) is 0 Å². The highest BCUT2D eigenvalue weighted by Crippen LogP contribution is 2.20. The first-order chi connectivity index (χ1) is 11.9. The maximum atomic E-state index is 13.0. The van der Waals surface area contributed by atoms with Gasteiger partial charge in [-0.3, -0.25) is 9.59 Å². The van der Waals surface area contributed by atoms with Gasteiger partial charge in [-0.25, -0.2) is 4.39 Å². The molecule has 2 rings (SSSR count). The molecule has 1 fully saturated rings. The molecule has 2 N–H and O–H groups in total. The topological polar surface area (TPSA) is 69.6 Å². The number of hydrogen-bond acceptors (Lipinski definition) is 3. The van der Waals surface area contributed by atoms with E-state index in [-0.39, 0.29) is 30.2 Å². The van der Waals surface area contributed by atoms with Crippen molar-refractivity contribution in [3.8, 4) is 0 Å². The van der Waals surface area contributed by atoms with E-state index in [1.54, 1.807) is 24.0 Å². The number of nitrogens with one attached hydrogen (secondary N) is 1. The van der Waals surface area contributed by atoms with Crippen molar-refractivity contribution >= 4 is 11.8 Å². The summed E-state index contributed by atoms with van der Waals surface area (Å²) < 4.78 is 13.0. The Bertz CT molecular complexity index is 624. The van der Waals surface area contributed by atoms with Gasteiger partial charge in [-0.05, 0) is 50.0 Å². The van der Waals surface area contributed by atoms with Crippen LogP contribution < -0.4 is 5.32 Å². The summed E-state index contributed by atoms with van der Waals surface area (Å²) in [4.78, 5) is 25.8. The minimum Gasteiger partial charge on any atom is -0.394 e. The number of piperidine rings is 1. The predicted octanol–water partition coefficient (Wildman–Crippen LogP) is 1.66. The van der Waals surface area contributed by atoms with Crippen LogP contribution in [0.1, 0.15) is 25.3 Å². The average molecular weight is 348 g/mol. The number of nitrogens with zero attached hydrogens (tertiary/aromatic N) is 1. The third-order valence-corrected chi connectivity index (χ3v) is 4.63. The Morgan fingerprint density at radius 1 is 1.36 bits per heavy atom. The van der Waals surface area contributed by atoms with Gasteiger partial charge in [0.15, 0.2) is 0 Å². The summed E-state index contributed by atoms with van der Waals surface area (Å²) in [7, 11) is 0. The number of rotatable bonds is 6. The number of likely N-dealkylation sites (tertiary alicyclic amines) is 1. The lowest BCUT2D eigenvalue weighted by Crippen LogP contribution is -2.53. The van der Waals surface area contributed by atoms with Crippen LogP contribution in [0.15, 0.2) is 36.9 Å². The van der Waals surface area contributed by atoms with E-state index >= 15 is 0 Å². The fraction of sp³-hybridized carbons (Fsp3) is 0.474. The van der Waals surface area contributed by atoms with Gasteiger partial charge >= 0.3 is 0 Å². The van der Waals surface area contributed by atoms with Crippen molar-refractivity contribution in [1.82, 2.24) is 10.2 Å². The molecule has 1 aromatic carbocycles. The standard InChI is InChI=1S/C19H25FN2O3/c1-3-17(24)22-10-8-15(9-11-22)18(25)21-19(2,13-23)12-14-4-6-16(20)7-5-14/h3-7,15,23H,1,8-13H2,2H3,(H,21,25). The van der Waals surface area contributed by atoms with Crippen LogP contribution in [0.5, 0.6) is 0 Å². The molecule has 1 atom stereocenters. The molecular formula is C19H25FN2O3. The van der Waals surface area contributed by atoms with Crippen LogP contribution >= 0.6 is 0 Å². The Hall–Kier alpha value is -2.21. The van der Waals surface area contributed by atoms with Gasteiger partial charge in [0.05, 0.1) is 12.1 Å². The molecule has 0 bridgehead atoms. The summed E-state index contributed by atoms with van der Waals surface area (Å²) in [5.41, 5.74) is 0.0212. The molecule has 136 valence electrons. The van der Waals surface area contributed by atoms with Crippen LogP contribution in [0.25, 0.3) is 0 Å². The average Bonchev–Trinajstić information content (AvgIpc) is 2.63. The number of aliphatic hydroxyl groups excluding tert-OH is 1. The van der Waals surface area contributed by atoms with Crippen molar-refractivity contribution in [2.24, 2.45) is 5.92 Å². The molecule has 1 saturated heterocycles. The fourth-order valence-corrected chi connectivity index (χ4v) is 3.08. The number of carbonyl (C=O) groups excluding carboxylic acids is 2. The van der Waals surface area contributed by atoms with Crippen LogP contribution in [-0.4, -0.2) is 47.1 Å². The zero-order valence-corrected chi connectivity index (χ0v) is 14.5. The molecule has 0 saturated carbocycles. The summed E-state index contributed by atoms with van der Waals surface area (Å²) in [6.07, 6.45) is 2.86. The monoisotopic (exact) mass is 348 g/mol. The fourth-order valence-electron chi connectivity index (χ4n) is 3.08. The van der Waals surface area contributed by atoms with Crippen molar-refractivity contribution in [2.75, 3.05) is 19.7 Å². The maximum Gasteiger partial charge on any atom is 0.245 e. The van der Waals surface area contributed by atoms with Crippen LogP contribution in [0.4, 0.5) is 4.39 Å². The van der Waals surface area contributed by atoms with E-state index < -0.39 is 5.54 Å². The first-order valence-electron chi connectivity index (χ1n) is 8.45. The molecule has 1 aliphatic heterocycles. The normalized spacial score (nSPS) is 17.6. The quantitative estimate of drug-likeness (QED) is 0.768. The molecule has 0 spiro atoms. The molecule has 1 unspecified atom stereocenters. The van der Waals surface area contributed by atoms with Gasteiger partial charge in [0.1, 0.15) is 5.82 Å². The minimum atomic E-state index is -0.816. The molecule has 1 aliphatic rings. The highest BCUT2D eigenvalue weighted by atomic mass is 19.1. The van der Waals surface area contributed by atoms with E-state index in [0.717, 1.165) is 5.56 Å². The third kappa shape index (κ3) is 5.13. The summed E-state index contributed by atoms with van der Waals surface area (Å²) in [5.74, 6) is -0.744. The van der Waals surface area contributed by atoms with E-state index in [1.165, 1.54) is 18.2 Å². The van der Waals surface area contributed by atoms with Gasteiger partial charge in [0.2, 0.25) is 11.8 Å². The lowest BCUT2D eigenvalue weighted by atomic mass is 9.90. The molecule has 0 radical (unpaired) electrons. The van der Waals surface area contributed by atoms with Crippen LogP contribution in [0.2, 0.25) is 0 Å². The minimum absolute atomic E-state index is 0.115. The molecule has 5 nitrogen and oxygen atoms in total. The Morgan fingerprint density at radius 3 is 2.48 bits per heavy atom. The number of hydrogen-bond donors (Lipinski definition) is 2. The van der Waals surface area contributed by atoms with Gasteiger partial charge < -0.3 is 15.3 Å². The van der Waals surface area contributed by atoms with E-state index in [2.05, 4.69) is 11.9 Å². The number of amides is 2. The second-order valence-electron chi connectivity index (χ2n) is 6.81. The second-order valence-corrected chi connectivity index (χ2v) is 6.81. The maximum absolute atomic E-state index is 13.0. The van der Waals surface area contributed by atoms with Crippen molar-refractivity contribution in [3.05, 3.63) is 48.3 Å². The molecule has 1 aromatic rings. The number of carbonyl (C=O) groups is 2. The van der Waals surface area contributed by atoms with E-state index in [4.69, 9.17) is 0 Å². The summed E-state index contributed by atoms with van der Waals surface area (Å²) >= 11 is 0. The third-order valence-electron chi connectivity index (χ3n) is 4.63. The Labute approximate surface area is 147 Å². The highest BCUT2D eigenvalue weighted by Gasteiger charge is 2.32. The Balaban J connectivity index is 1.94. The summed E-state index contributed by atoms with van der Waals surface area (Å²) in [6.45, 7) is 6.07. The molecular weight excluding hydrogens is 323 g/mol. The highest BCUT2D eigenvalue weighted by molar-refractivity contribution is 5.87. The van der Waals surface area contributed by atoms with E-state index in [9.17, 15) is 19.1 Å². The van der Waals surface area contributed by atoms with Crippen molar-refractivity contribution < 1.29 is 19.1 Å². The molecule has 25 heavy (non-hydrogen) atoms. The largest absolute Gasteiger partial charge is 0.394 e. The molecule has 1 heterocycles. The predicted molar refractivity (Wildman–Crippen MR) is 93.2 cm³/mol. The van der Waals surface area contributed by atoms with Gasteiger partial charge in [0.25, 0.3) is 0 Å². The Morgan fingerprint density at radius 2 is 1.96 bits per heavy atom. The molecule has 2 amide bonds. The van der Waals surface area contributed by atoms with Crippen LogP contribution in [-0.2, 0) is 16.0 Å². The molecule has 6 heteroatoms. The SMILES string of the molecule is C=CC(=O)N1CCC(C(=O)NC(C)(CO)Cc2ccc(F)cc2)CC1. The van der Waals surface area contributed by atoms with Crippen molar-refractivity contribution in [2.45, 2.75) is 31.7 Å². The first-order valence-corrected chi connectivity index (χ1v) is 8.45. The van der Waals surface area contributed by atoms with E-state index in [1.807, 2.05) is 0 Å². The first kappa shape index (κ1) is 19.1. The molecule has 0 aromatic heterocycles. The Kier molecular flexibility index (Phi) is 6.31. The van der Waals surface area contributed by atoms with Crippen LogP contribution in [0, 0.1) is 11.7 Å². The van der Waals surface area contributed by atoms with Crippen LogP contribution in [0.3, 0.4) is 0 Å². The summed E-state index contributed by atoms with van der Waals surface area (Å²) in [5, 5.41) is 12.7. The number of halogens is 1. The molecule has 0 aliphatic carbocycles. The van der Waals surface area contributed by atoms with Gasteiger partial charge in [-0.1, -0.05) is 18.7 Å². The van der Waals surface area contributed by atoms with E-state index in [0.29, 0.717) is 32.4 Å². The number of benzene rings is 1. The smallest absolute Gasteiger partial charge is 0.245 e. The van der Waals surface area contributed by atoms with Gasteiger partial charge in [-0.2, -0.15) is 0 Å². The zero-order valence-electron chi connectivity index (χ0n) is 14.5. The van der Waals surface area contributed by atoms with Gasteiger partial charge in [-0.15, -0.1) is 0 Å². The zero-order chi connectivity index (χ0) is 18.4.